The zero-order valence-electron chi connectivity index (χ0n) is 12.5. The van der Waals surface area contributed by atoms with Gasteiger partial charge in [0.25, 0.3) is 0 Å². The fraction of sp³-hybridized carbons (Fsp3) is 0.529. The number of ether oxygens (including phenoxy) is 1. The van der Waals surface area contributed by atoms with Crippen molar-refractivity contribution < 1.29 is 4.74 Å². The van der Waals surface area contributed by atoms with E-state index >= 15 is 0 Å². The van der Waals surface area contributed by atoms with Gasteiger partial charge in [0.1, 0.15) is 5.75 Å². The second-order valence-corrected chi connectivity index (χ2v) is 5.14. The third-order valence-electron chi connectivity index (χ3n) is 3.81. The van der Waals surface area contributed by atoms with Crippen molar-refractivity contribution in [2.45, 2.75) is 25.8 Å². The van der Waals surface area contributed by atoms with Crippen LogP contribution in [0.15, 0.2) is 36.9 Å². The Morgan fingerprint density at radius 1 is 1.35 bits per heavy atom. The molecule has 1 aliphatic rings. The molecule has 0 amide bonds. The van der Waals surface area contributed by atoms with E-state index in [9.17, 15) is 0 Å². The summed E-state index contributed by atoms with van der Waals surface area (Å²) in [7, 11) is 0. The van der Waals surface area contributed by atoms with Gasteiger partial charge < -0.3 is 10.1 Å². The number of allylic oxidation sites excluding steroid dienone is 1. The van der Waals surface area contributed by atoms with Crippen LogP contribution in [0.25, 0.3) is 0 Å². The molecule has 3 heteroatoms. The van der Waals surface area contributed by atoms with Gasteiger partial charge in [0, 0.05) is 37.8 Å². The van der Waals surface area contributed by atoms with Crippen molar-refractivity contribution in [3.63, 3.8) is 0 Å². The third-order valence-corrected chi connectivity index (χ3v) is 3.81. The van der Waals surface area contributed by atoms with Crippen LogP contribution in [0, 0.1) is 0 Å². The van der Waals surface area contributed by atoms with Gasteiger partial charge in [-0.25, -0.2) is 0 Å². The van der Waals surface area contributed by atoms with Crippen molar-refractivity contribution >= 4 is 0 Å². The second kappa shape index (κ2) is 8.08. The predicted molar refractivity (Wildman–Crippen MR) is 84.2 cm³/mol. The Morgan fingerprint density at radius 3 is 2.80 bits per heavy atom. The van der Waals surface area contributed by atoms with Crippen molar-refractivity contribution in [2.24, 2.45) is 0 Å². The average molecular weight is 274 g/mol. The van der Waals surface area contributed by atoms with Crippen LogP contribution in [0.4, 0.5) is 0 Å². The highest BCUT2D eigenvalue weighted by Crippen LogP contribution is 2.33. The summed E-state index contributed by atoms with van der Waals surface area (Å²) in [5.41, 5.74) is 1.32. The standard InChI is InChI=1S/C17H26N2O/c1-3-5-9-16(19-13-11-18-12-14-19)15-8-6-7-10-17(15)20-4-2/h3,6-8,10,16,18H,1,4-5,9,11-14H2,2H3/t16-/m1/s1. The SMILES string of the molecule is C=CCC[C@H](c1ccccc1OCC)N1CCNCC1. The van der Waals surface area contributed by atoms with Crippen LogP contribution in [-0.2, 0) is 0 Å². The summed E-state index contributed by atoms with van der Waals surface area (Å²) in [5, 5.41) is 3.42. The van der Waals surface area contributed by atoms with Crippen molar-refractivity contribution in [1.82, 2.24) is 10.2 Å². The molecule has 0 aliphatic carbocycles. The number of hydrogen-bond donors (Lipinski definition) is 1. The van der Waals surface area contributed by atoms with Gasteiger partial charge in [0.2, 0.25) is 0 Å². The van der Waals surface area contributed by atoms with Crippen molar-refractivity contribution in [2.75, 3.05) is 32.8 Å². The Balaban J connectivity index is 2.22. The first-order chi connectivity index (χ1) is 9.86. The Kier molecular flexibility index (Phi) is 6.09. The van der Waals surface area contributed by atoms with E-state index in [4.69, 9.17) is 4.74 Å². The van der Waals surface area contributed by atoms with E-state index in [0.29, 0.717) is 12.6 Å². The molecule has 0 radical (unpaired) electrons. The number of piperazine rings is 1. The monoisotopic (exact) mass is 274 g/mol. The quantitative estimate of drug-likeness (QED) is 0.774. The van der Waals surface area contributed by atoms with Crippen LogP contribution in [0.5, 0.6) is 5.75 Å². The fourth-order valence-electron chi connectivity index (χ4n) is 2.85. The van der Waals surface area contributed by atoms with E-state index in [1.165, 1.54) is 5.56 Å². The number of nitrogens with one attached hydrogen (secondary N) is 1. The van der Waals surface area contributed by atoms with Crippen LogP contribution < -0.4 is 10.1 Å². The predicted octanol–water partition coefficient (Wildman–Crippen LogP) is 3.00. The van der Waals surface area contributed by atoms with Crippen molar-refractivity contribution in [3.05, 3.63) is 42.5 Å². The molecule has 1 atom stereocenters. The maximum atomic E-state index is 5.82. The Bertz CT molecular complexity index is 413. The summed E-state index contributed by atoms with van der Waals surface area (Å²) >= 11 is 0. The molecule has 1 saturated heterocycles. The molecule has 1 fully saturated rings. The molecule has 1 heterocycles. The van der Waals surface area contributed by atoms with E-state index in [-0.39, 0.29) is 0 Å². The summed E-state index contributed by atoms with van der Waals surface area (Å²) in [6.07, 6.45) is 4.15. The highest BCUT2D eigenvalue weighted by molar-refractivity contribution is 5.36. The van der Waals surface area contributed by atoms with Gasteiger partial charge in [-0.2, -0.15) is 0 Å². The molecule has 0 aromatic heterocycles. The van der Waals surface area contributed by atoms with Gasteiger partial charge in [-0.05, 0) is 25.8 Å². The van der Waals surface area contributed by atoms with E-state index in [2.05, 4.69) is 41.1 Å². The van der Waals surface area contributed by atoms with E-state index in [1.807, 2.05) is 13.0 Å². The molecule has 2 rings (SSSR count). The van der Waals surface area contributed by atoms with Crippen LogP contribution in [-0.4, -0.2) is 37.7 Å². The van der Waals surface area contributed by atoms with Crippen LogP contribution in [0.3, 0.4) is 0 Å². The van der Waals surface area contributed by atoms with E-state index < -0.39 is 0 Å². The largest absolute Gasteiger partial charge is 0.494 e. The Labute approximate surface area is 122 Å². The number of nitrogens with zero attached hydrogens (tertiary/aromatic N) is 1. The van der Waals surface area contributed by atoms with Gasteiger partial charge in [0.15, 0.2) is 0 Å². The van der Waals surface area contributed by atoms with Gasteiger partial charge in [-0.15, -0.1) is 6.58 Å². The minimum Gasteiger partial charge on any atom is -0.494 e. The summed E-state index contributed by atoms with van der Waals surface area (Å²) in [5.74, 6) is 1.03. The average Bonchev–Trinajstić information content (AvgIpc) is 2.50. The third kappa shape index (κ3) is 3.84. The van der Waals surface area contributed by atoms with Crippen LogP contribution >= 0.6 is 0 Å². The Hall–Kier alpha value is -1.32. The fourth-order valence-corrected chi connectivity index (χ4v) is 2.85. The topological polar surface area (TPSA) is 24.5 Å². The lowest BCUT2D eigenvalue weighted by Gasteiger charge is -2.35. The molecule has 0 unspecified atom stereocenters. The van der Waals surface area contributed by atoms with Gasteiger partial charge in [0.05, 0.1) is 6.61 Å². The zero-order chi connectivity index (χ0) is 14.2. The first kappa shape index (κ1) is 15.1. The van der Waals surface area contributed by atoms with Gasteiger partial charge in [-0.3, -0.25) is 4.90 Å². The van der Waals surface area contributed by atoms with Gasteiger partial charge in [-0.1, -0.05) is 24.3 Å². The number of hydrogen-bond acceptors (Lipinski definition) is 3. The molecule has 0 bridgehead atoms. The van der Waals surface area contributed by atoms with Crippen molar-refractivity contribution in [3.8, 4) is 5.75 Å². The Morgan fingerprint density at radius 2 is 2.10 bits per heavy atom. The molecule has 1 aromatic rings. The maximum absolute atomic E-state index is 5.82. The number of benzene rings is 1. The zero-order valence-corrected chi connectivity index (χ0v) is 12.5. The molecule has 3 nitrogen and oxygen atoms in total. The highest BCUT2D eigenvalue weighted by Gasteiger charge is 2.23. The molecule has 1 N–H and O–H groups in total. The molecular formula is C17H26N2O. The lowest BCUT2D eigenvalue weighted by molar-refractivity contribution is 0.162. The normalized spacial score (nSPS) is 17.6. The molecule has 0 saturated carbocycles. The summed E-state index contributed by atoms with van der Waals surface area (Å²) in [6, 6.07) is 8.89. The maximum Gasteiger partial charge on any atom is 0.124 e. The summed E-state index contributed by atoms with van der Waals surface area (Å²) in [6.45, 7) is 11.0. The number of para-hydroxylation sites is 1. The first-order valence-electron chi connectivity index (χ1n) is 7.64. The molecule has 0 spiro atoms. The molecule has 20 heavy (non-hydrogen) atoms. The van der Waals surface area contributed by atoms with Crippen LogP contribution in [0.2, 0.25) is 0 Å². The molecule has 1 aliphatic heterocycles. The highest BCUT2D eigenvalue weighted by atomic mass is 16.5. The number of rotatable bonds is 7. The van der Waals surface area contributed by atoms with E-state index in [0.717, 1.165) is 44.8 Å². The summed E-state index contributed by atoms with van der Waals surface area (Å²) < 4.78 is 5.82. The van der Waals surface area contributed by atoms with Gasteiger partial charge >= 0.3 is 0 Å². The molecule has 1 aromatic carbocycles. The second-order valence-electron chi connectivity index (χ2n) is 5.14. The van der Waals surface area contributed by atoms with E-state index in [1.54, 1.807) is 0 Å². The minimum absolute atomic E-state index is 0.429. The molecular weight excluding hydrogens is 248 g/mol. The van der Waals surface area contributed by atoms with Crippen LogP contribution in [0.1, 0.15) is 31.4 Å². The smallest absolute Gasteiger partial charge is 0.124 e. The first-order valence-corrected chi connectivity index (χ1v) is 7.64. The molecule has 110 valence electrons. The lowest BCUT2D eigenvalue weighted by atomic mass is 9.98. The minimum atomic E-state index is 0.429. The summed E-state index contributed by atoms with van der Waals surface area (Å²) in [4.78, 5) is 2.57. The van der Waals surface area contributed by atoms with Crippen molar-refractivity contribution in [1.29, 1.82) is 0 Å². The lowest BCUT2D eigenvalue weighted by Crippen LogP contribution is -2.45.